The maximum Gasteiger partial charge on any atom is 0.343 e. The van der Waals surface area contributed by atoms with E-state index in [4.69, 9.17) is 18.9 Å². The van der Waals surface area contributed by atoms with Crippen LogP contribution in [0, 0.1) is 0 Å². The molecule has 0 aliphatic carbocycles. The molecule has 0 saturated carbocycles. The van der Waals surface area contributed by atoms with Crippen LogP contribution in [0.4, 0.5) is 0 Å². The van der Waals surface area contributed by atoms with Crippen LogP contribution in [0.2, 0.25) is 0 Å². The zero-order valence-corrected chi connectivity index (χ0v) is 19.8. The Hall–Kier alpha value is -3.85. The van der Waals surface area contributed by atoms with Crippen molar-refractivity contribution in [2.45, 2.75) is 6.92 Å². The zero-order chi connectivity index (χ0) is 23.9. The second-order valence-electron chi connectivity index (χ2n) is 7.09. The molecule has 3 aromatic carbocycles. The summed E-state index contributed by atoms with van der Waals surface area (Å²) in [6.07, 6.45) is 1.47. The third kappa shape index (κ3) is 5.74. The molecule has 0 spiro atoms. The summed E-state index contributed by atoms with van der Waals surface area (Å²) in [6, 6.07) is 16.8. The molecule has 1 aliphatic heterocycles. The van der Waals surface area contributed by atoms with Crippen LogP contribution in [0.15, 0.2) is 70.2 Å². The van der Waals surface area contributed by atoms with E-state index in [-0.39, 0.29) is 5.75 Å². The standard InChI is InChI=1S/C25H21BrN2O6/c1-2-31-22-13-16(3-9-21(22)34-25(30)17-4-7-19(26)8-5-17)15-27-28-24(29)18-6-10-20-23(14-18)33-12-11-32-20/h3-10,13-15H,2,11-12H2,1H3,(H,28,29). The molecule has 1 aliphatic rings. The predicted molar refractivity (Wildman–Crippen MR) is 129 cm³/mol. The number of fused-ring (bicyclic) bond motifs is 1. The first kappa shape index (κ1) is 23.3. The number of nitrogens with zero attached hydrogens (tertiary/aromatic N) is 1. The fourth-order valence-corrected chi connectivity index (χ4v) is 3.38. The Morgan fingerprint density at radius 2 is 1.71 bits per heavy atom. The van der Waals surface area contributed by atoms with Gasteiger partial charge in [-0.3, -0.25) is 4.79 Å². The molecule has 34 heavy (non-hydrogen) atoms. The highest BCUT2D eigenvalue weighted by Gasteiger charge is 2.15. The van der Waals surface area contributed by atoms with Crippen molar-refractivity contribution >= 4 is 34.0 Å². The van der Waals surface area contributed by atoms with Gasteiger partial charge < -0.3 is 18.9 Å². The van der Waals surface area contributed by atoms with Crippen molar-refractivity contribution < 1.29 is 28.5 Å². The fourth-order valence-electron chi connectivity index (χ4n) is 3.12. The summed E-state index contributed by atoms with van der Waals surface area (Å²) in [4.78, 5) is 24.9. The number of amides is 1. The van der Waals surface area contributed by atoms with Crippen molar-refractivity contribution in [2.75, 3.05) is 19.8 Å². The van der Waals surface area contributed by atoms with E-state index >= 15 is 0 Å². The Morgan fingerprint density at radius 1 is 0.971 bits per heavy atom. The number of hydrogen-bond acceptors (Lipinski definition) is 7. The van der Waals surface area contributed by atoms with Crippen LogP contribution in [0.3, 0.4) is 0 Å². The summed E-state index contributed by atoms with van der Waals surface area (Å²) in [6.45, 7) is 3.13. The molecule has 1 heterocycles. The zero-order valence-electron chi connectivity index (χ0n) is 18.2. The lowest BCUT2D eigenvalue weighted by Crippen LogP contribution is -2.19. The number of carbonyl (C=O) groups excluding carboxylic acids is 2. The highest BCUT2D eigenvalue weighted by molar-refractivity contribution is 9.10. The summed E-state index contributed by atoms with van der Waals surface area (Å²) < 4.78 is 23.0. The second-order valence-corrected chi connectivity index (χ2v) is 8.01. The maximum absolute atomic E-state index is 12.5. The van der Waals surface area contributed by atoms with Crippen LogP contribution < -0.4 is 24.4 Å². The van der Waals surface area contributed by atoms with Crippen molar-refractivity contribution in [2.24, 2.45) is 5.10 Å². The molecule has 174 valence electrons. The van der Waals surface area contributed by atoms with Crippen LogP contribution >= 0.6 is 15.9 Å². The summed E-state index contributed by atoms with van der Waals surface area (Å²) in [5.41, 5.74) is 3.94. The van der Waals surface area contributed by atoms with Crippen LogP contribution in [-0.2, 0) is 0 Å². The number of hydrazone groups is 1. The van der Waals surface area contributed by atoms with E-state index in [1.54, 1.807) is 60.7 Å². The summed E-state index contributed by atoms with van der Waals surface area (Å²) in [7, 11) is 0. The largest absolute Gasteiger partial charge is 0.490 e. The summed E-state index contributed by atoms with van der Waals surface area (Å²) in [5, 5.41) is 4.01. The Balaban J connectivity index is 1.42. The van der Waals surface area contributed by atoms with Gasteiger partial charge in [-0.25, -0.2) is 10.2 Å². The van der Waals surface area contributed by atoms with E-state index in [9.17, 15) is 9.59 Å². The van der Waals surface area contributed by atoms with E-state index in [1.165, 1.54) is 6.21 Å². The van der Waals surface area contributed by atoms with E-state index < -0.39 is 11.9 Å². The van der Waals surface area contributed by atoms with Gasteiger partial charge in [0, 0.05) is 10.0 Å². The van der Waals surface area contributed by atoms with Crippen molar-refractivity contribution in [1.82, 2.24) is 5.43 Å². The van der Waals surface area contributed by atoms with Gasteiger partial charge >= 0.3 is 5.97 Å². The van der Waals surface area contributed by atoms with Gasteiger partial charge in [0.2, 0.25) is 0 Å². The molecular weight excluding hydrogens is 504 g/mol. The molecule has 0 saturated heterocycles. The molecular formula is C25H21BrN2O6. The van der Waals surface area contributed by atoms with Crippen molar-refractivity contribution in [3.05, 3.63) is 81.8 Å². The van der Waals surface area contributed by atoms with Gasteiger partial charge in [-0.15, -0.1) is 0 Å². The maximum atomic E-state index is 12.5. The van der Waals surface area contributed by atoms with Gasteiger partial charge in [0.15, 0.2) is 23.0 Å². The lowest BCUT2D eigenvalue weighted by Gasteiger charge is -2.18. The van der Waals surface area contributed by atoms with E-state index in [0.717, 1.165) is 4.47 Å². The SMILES string of the molecule is CCOc1cc(C=NNC(=O)c2ccc3c(c2)OCCO3)ccc1OC(=O)c1ccc(Br)cc1. The van der Waals surface area contributed by atoms with Crippen LogP contribution in [0.5, 0.6) is 23.0 Å². The minimum absolute atomic E-state index is 0.284. The van der Waals surface area contributed by atoms with Crippen LogP contribution in [0.1, 0.15) is 33.2 Å². The van der Waals surface area contributed by atoms with Crippen molar-refractivity contribution in [1.29, 1.82) is 0 Å². The molecule has 1 N–H and O–H groups in total. The molecule has 1 amide bonds. The van der Waals surface area contributed by atoms with Crippen molar-refractivity contribution in [3.8, 4) is 23.0 Å². The van der Waals surface area contributed by atoms with Crippen LogP contribution in [0.25, 0.3) is 0 Å². The Bertz CT molecular complexity index is 1230. The Morgan fingerprint density at radius 3 is 2.47 bits per heavy atom. The molecule has 8 nitrogen and oxygen atoms in total. The first-order valence-corrected chi connectivity index (χ1v) is 11.3. The second kappa shape index (κ2) is 10.8. The van der Waals surface area contributed by atoms with Gasteiger partial charge in [0.25, 0.3) is 5.91 Å². The topological polar surface area (TPSA) is 95.5 Å². The highest BCUT2D eigenvalue weighted by Crippen LogP contribution is 2.31. The van der Waals surface area contributed by atoms with Gasteiger partial charge in [-0.2, -0.15) is 5.10 Å². The predicted octanol–water partition coefficient (Wildman–Crippen LogP) is 4.60. The molecule has 3 aromatic rings. The molecule has 0 radical (unpaired) electrons. The monoisotopic (exact) mass is 524 g/mol. The van der Waals surface area contributed by atoms with E-state index in [1.807, 2.05) is 6.92 Å². The average molecular weight is 525 g/mol. The van der Waals surface area contributed by atoms with Crippen molar-refractivity contribution in [3.63, 3.8) is 0 Å². The van der Waals surface area contributed by atoms with Gasteiger partial charge in [0.1, 0.15) is 13.2 Å². The number of esters is 1. The van der Waals surface area contributed by atoms with Gasteiger partial charge in [-0.05, 0) is 73.2 Å². The molecule has 0 fully saturated rings. The van der Waals surface area contributed by atoms with E-state index in [2.05, 4.69) is 26.5 Å². The molecule has 4 rings (SSSR count). The fraction of sp³-hybridized carbons (Fsp3) is 0.160. The third-order valence-corrected chi connectivity index (χ3v) is 5.26. The Labute approximate surface area is 204 Å². The minimum Gasteiger partial charge on any atom is -0.490 e. The number of rotatable bonds is 7. The third-order valence-electron chi connectivity index (χ3n) is 4.73. The number of nitrogens with one attached hydrogen (secondary N) is 1. The van der Waals surface area contributed by atoms with E-state index in [0.29, 0.717) is 53.8 Å². The lowest BCUT2D eigenvalue weighted by atomic mass is 10.2. The first-order valence-electron chi connectivity index (χ1n) is 10.5. The smallest absolute Gasteiger partial charge is 0.343 e. The number of carbonyl (C=O) groups is 2. The molecule has 9 heteroatoms. The molecule has 0 bridgehead atoms. The summed E-state index contributed by atoms with van der Waals surface area (Å²) >= 11 is 3.34. The molecule has 0 atom stereocenters. The lowest BCUT2D eigenvalue weighted by molar-refractivity contribution is 0.0728. The minimum atomic E-state index is -0.499. The first-order chi connectivity index (χ1) is 16.5. The molecule has 0 aromatic heterocycles. The van der Waals surface area contributed by atoms with Gasteiger partial charge in [0.05, 0.1) is 18.4 Å². The van der Waals surface area contributed by atoms with Gasteiger partial charge in [-0.1, -0.05) is 15.9 Å². The number of ether oxygens (including phenoxy) is 4. The number of benzene rings is 3. The number of hydrogen-bond donors (Lipinski definition) is 1. The summed E-state index contributed by atoms with van der Waals surface area (Å²) in [5.74, 6) is 0.912. The number of halogens is 1. The highest BCUT2D eigenvalue weighted by atomic mass is 79.9. The quantitative estimate of drug-likeness (QED) is 0.210. The normalized spacial score (nSPS) is 12.3. The Kier molecular flexibility index (Phi) is 7.44. The van der Waals surface area contributed by atoms with Crippen LogP contribution in [-0.4, -0.2) is 37.9 Å². The molecule has 0 unspecified atom stereocenters. The average Bonchev–Trinajstić information content (AvgIpc) is 2.85.